The Morgan fingerprint density at radius 2 is 1.86 bits per heavy atom. The van der Waals surface area contributed by atoms with Crippen LogP contribution in [0.4, 0.5) is 5.82 Å². The third kappa shape index (κ3) is 2.07. The van der Waals surface area contributed by atoms with Crippen LogP contribution in [0, 0.1) is 0 Å². The molecule has 1 aliphatic rings. The van der Waals surface area contributed by atoms with Crippen molar-refractivity contribution in [1.82, 2.24) is 9.97 Å². The number of nitrogens with two attached hydrogens (primary N) is 1. The molecular formula is C12H11N5O3S. The third-order valence-electron chi connectivity index (χ3n) is 3.06. The lowest BCUT2D eigenvalue weighted by atomic mass is 10.1. The van der Waals surface area contributed by atoms with Gasteiger partial charge in [0.1, 0.15) is 11.4 Å². The number of aromatic nitrogens is 2. The number of H-pyrrole nitrogens is 1. The Morgan fingerprint density at radius 3 is 2.52 bits per heavy atom. The second-order valence-corrected chi connectivity index (χ2v) is 6.03. The molecule has 8 nitrogen and oxygen atoms in total. The molecule has 21 heavy (non-hydrogen) atoms. The number of amidine groups is 1. The van der Waals surface area contributed by atoms with Crippen molar-refractivity contribution in [3.63, 3.8) is 0 Å². The second kappa shape index (κ2) is 4.42. The highest BCUT2D eigenvalue weighted by Gasteiger charge is 2.30. The van der Waals surface area contributed by atoms with E-state index >= 15 is 0 Å². The number of benzene rings is 1. The molecule has 108 valence electrons. The van der Waals surface area contributed by atoms with Gasteiger partial charge in [0.15, 0.2) is 11.7 Å². The molecule has 0 saturated carbocycles. The first kappa shape index (κ1) is 13.3. The van der Waals surface area contributed by atoms with Crippen LogP contribution in [0.1, 0.15) is 5.69 Å². The number of aromatic amines is 1. The van der Waals surface area contributed by atoms with Gasteiger partial charge in [-0.05, 0) is 0 Å². The van der Waals surface area contributed by atoms with Crippen molar-refractivity contribution < 1.29 is 8.42 Å². The highest BCUT2D eigenvalue weighted by Crippen LogP contribution is 2.24. The lowest BCUT2D eigenvalue weighted by Gasteiger charge is -2.22. The molecule has 9 heteroatoms. The van der Waals surface area contributed by atoms with E-state index in [1.165, 1.54) is 7.05 Å². The van der Waals surface area contributed by atoms with E-state index in [4.69, 9.17) is 5.73 Å². The zero-order chi connectivity index (χ0) is 15.2. The summed E-state index contributed by atoms with van der Waals surface area (Å²) in [6, 6.07) is 8.79. The Bertz CT molecular complexity index is 902. The molecule has 3 rings (SSSR count). The number of nitrogens with zero attached hydrogens (tertiary/aromatic N) is 3. The largest absolute Gasteiger partial charge is 0.381 e. The summed E-state index contributed by atoms with van der Waals surface area (Å²) in [6.07, 6.45) is 0. The molecule has 2 heterocycles. The number of hydrogen-bond acceptors (Lipinski definition) is 5. The molecule has 1 aliphatic heterocycles. The van der Waals surface area contributed by atoms with E-state index < -0.39 is 15.8 Å². The predicted molar refractivity (Wildman–Crippen MR) is 78.3 cm³/mol. The Hall–Kier alpha value is -2.68. The minimum Gasteiger partial charge on any atom is -0.381 e. The summed E-state index contributed by atoms with van der Waals surface area (Å²) in [5, 5.41) is 0. The average molecular weight is 305 g/mol. The Balaban J connectivity index is 2.29. The molecule has 0 saturated heterocycles. The summed E-state index contributed by atoms with van der Waals surface area (Å²) in [5.41, 5.74) is 6.02. The molecule has 2 aromatic rings. The van der Waals surface area contributed by atoms with E-state index in [2.05, 4.69) is 14.4 Å². The average Bonchev–Trinajstić information content (AvgIpc) is 2.45. The summed E-state index contributed by atoms with van der Waals surface area (Å²) >= 11 is 0. The highest BCUT2D eigenvalue weighted by atomic mass is 32.2. The molecule has 0 atom stereocenters. The van der Waals surface area contributed by atoms with Crippen LogP contribution in [0.2, 0.25) is 0 Å². The first-order valence-corrected chi connectivity index (χ1v) is 7.34. The topological polar surface area (TPSA) is 122 Å². The van der Waals surface area contributed by atoms with Gasteiger partial charge in [-0.25, -0.2) is 9.29 Å². The lowest BCUT2D eigenvalue weighted by molar-refractivity contribution is 0.595. The van der Waals surface area contributed by atoms with Crippen molar-refractivity contribution in [3.8, 4) is 11.3 Å². The number of anilines is 1. The molecule has 0 fully saturated rings. The molecule has 0 aliphatic carbocycles. The minimum atomic E-state index is -3.93. The number of nitrogens with one attached hydrogen (secondary N) is 1. The fourth-order valence-corrected chi connectivity index (χ4v) is 2.80. The molecule has 0 amide bonds. The predicted octanol–water partition coefficient (Wildman–Crippen LogP) is -0.163. The van der Waals surface area contributed by atoms with E-state index in [-0.39, 0.29) is 23.0 Å². The van der Waals surface area contributed by atoms with Crippen LogP contribution in [0.3, 0.4) is 0 Å². The summed E-state index contributed by atoms with van der Waals surface area (Å²) in [7, 11) is -2.66. The Labute approximate surface area is 120 Å². The van der Waals surface area contributed by atoms with E-state index in [9.17, 15) is 13.2 Å². The number of hydrogen-bond donors (Lipinski definition) is 2. The first-order chi connectivity index (χ1) is 9.90. The van der Waals surface area contributed by atoms with Crippen LogP contribution in [-0.4, -0.2) is 31.3 Å². The fourth-order valence-electron chi connectivity index (χ4n) is 1.98. The quantitative estimate of drug-likeness (QED) is 0.758. The van der Waals surface area contributed by atoms with Gasteiger partial charge in [0.25, 0.3) is 5.56 Å². The number of fused-ring (bicyclic) bond motifs is 1. The van der Waals surface area contributed by atoms with Gasteiger partial charge in [0, 0.05) is 12.6 Å². The molecule has 0 bridgehead atoms. The second-order valence-electron chi connectivity index (χ2n) is 4.40. The van der Waals surface area contributed by atoms with Crippen LogP contribution in [-0.2, 0) is 10.2 Å². The van der Waals surface area contributed by atoms with Crippen molar-refractivity contribution in [3.05, 3.63) is 46.4 Å². The van der Waals surface area contributed by atoms with Crippen LogP contribution < -0.4 is 15.6 Å². The molecule has 0 radical (unpaired) electrons. The standard InChI is InChI=1S/C12H11N5O3S/c1-17-11-9(10(13)16-21(17,19)20)14-8(12(18)15-11)7-5-3-2-4-6-7/h2-6H,1H3,(H2,13,16)(H,15,18). The van der Waals surface area contributed by atoms with Crippen molar-refractivity contribution >= 4 is 21.9 Å². The van der Waals surface area contributed by atoms with Crippen molar-refractivity contribution in [2.24, 2.45) is 10.1 Å². The summed E-state index contributed by atoms with van der Waals surface area (Å²) in [5.74, 6) is -0.247. The van der Waals surface area contributed by atoms with Gasteiger partial charge in [0.05, 0.1) is 0 Å². The maximum Gasteiger partial charge on any atom is 0.347 e. The van der Waals surface area contributed by atoms with Gasteiger partial charge in [-0.15, -0.1) is 4.40 Å². The van der Waals surface area contributed by atoms with E-state index in [1.807, 2.05) is 6.07 Å². The van der Waals surface area contributed by atoms with E-state index in [0.29, 0.717) is 5.56 Å². The fraction of sp³-hybridized carbons (Fsp3) is 0.0833. The lowest BCUT2D eigenvalue weighted by Crippen LogP contribution is -2.37. The molecule has 1 aromatic heterocycles. The van der Waals surface area contributed by atoms with Crippen LogP contribution >= 0.6 is 0 Å². The summed E-state index contributed by atoms with van der Waals surface area (Å²) in [6.45, 7) is 0. The Morgan fingerprint density at radius 1 is 1.19 bits per heavy atom. The van der Waals surface area contributed by atoms with Gasteiger partial charge in [-0.3, -0.25) is 4.79 Å². The smallest absolute Gasteiger partial charge is 0.347 e. The molecule has 0 unspecified atom stereocenters. The van der Waals surface area contributed by atoms with Crippen LogP contribution in [0.5, 0.6) is 0 Å². The zero-order valence-corrected chi connectivity index (χ0v) is 11.8. The molecule has 3 N–H and O–H groups in total. The van der Waals surface area contributed by atoms with E-state index in [0.717, 1.165) is 4.31 Å². The van der Waals surface area contributed by atoms with Crippen LogP contribution in [0.25, 0.3) is 11.3 Å². The highest BCUT2D eigenvalue weighted by molar-refractivity contribution is 7.91. The summed E-state index contributed by atoms with van der Waals surface area (Å²) in [4.78, 5) is 18.8. The molecule has 0 spiro atoms. The molecular weight excluding hydrogens is 294 g/mol. The van der Waals surface area contributed by atoms with Gasteiger partial charge >= 0.3 is 10.2 Å². The zero-order valence-electron chi connectivity index (χ0n) is 10.9. The van der Waals surface area contributed by atoms with E-state index in [1.54, 1.807) is 24.3 Å². The first-order valence-electron chi connectivity index (χ1n) is 5.94. The van der Waals surface area contributed by atoms with Gasteiger partial charge < -0.3 is 10.7 Å². The van der Waals surface area contributed by atoms with Gasteiger partial charge in [-0.1, -0.05) is 30.3 Å². The van der Waals surface area contributed by atoms with Crippen molar-refractivity contribution in [1.29, 1.82) is 0 Å². The molecule has 1 aromatic carbocycles. The Kier molecular flexibility index (Phi) is 2.80. The summed E-state index contributed by atoms with van der Waals surface area (Å²) < 4.78 is 27.7. The van der Waals surface area contributed by atoms with Gasteiger partial charge in [-0.2, -0.15) is 8.42 Å². The number of rotatable bonds is 1. The van der Waals surface area contributed by atoms with Crippen molar-refractivity contribution in [2.75, 3.05) is 11.4 Å². The normalized spacial score (nSPS) is 16.2. The minimum absolute atomic E-state index is 0.00665. The maximum atomic E-state index is 12.1. The van der Waals surface area contributed by atoms with Crippen molar-refractivity contribution in [2.45, 2.75) is 0 Å². The monoisotopic (exact) mass is 305 g/mol. The maximum absolute atomic E-state index is 12.1. The SMILES string of the molecule is CN1c2[nH]c(=O)c(-c3ccccc3)nc2C(N)=NS1(=O)=O. The third-order valence-corrected chi connectivity index (χ3v) is 4.36. The van der Waals surface area contributed by atoms with Gasteiger partial charge in [0.2, 0.25) is 0 Å². The van der Waals surface area contributed by atoms with Crippen LogP contribution in [0.15, 0.2) is 39.5 Å².